The molecule has 1 fully saturated rings. The first kappa shape index (κ1) is 26.7. The van der Waals surface area contributed by atoms with Crippen molar-refractivity contribution >= 4 is 43.3 Å². The van der Waals surface area contributed by atoms with Crippen LogP contribution < -0.4 is 10.6 Å². The van der Waals surface area contributed by atoms with Gasteiger partial charge in [-0.2, -0.15) is 4.39 Å². The number of thiazole rings is 1. The van der Waals surface area contributed by atoms with Crippen molar-refractivity contribution in [3.63, 3.8) is 0 Å². The first-order chi connectivity index (χ1) is 19.6. The lowest BCUT2D eigenvalue weighted by Crippen LogP contribution is -2.45. The van der Waals surface area contributed by atoms with Gasteiger partial charge >= 0.3 is 6.03 Å². The van der Waals surface area contributed by atoms with Gasteiger partial charge in [0, 0.05) is 11.8 Å². The van der Waals surface area contributed by atoms with Crippen molar-refractivity contribution in [2.45, 2.75) is 29.9 Å². The Morgan fingerprint density at radius 3 is 2.54 bits per heavy atom. The highest BCUT2D eigenvalue weighted by atomic mass is 32.2. The fourth-order valence-electron chi connectivity index (χ4n) is 4.53. The number of nitrogens with zero attached hydrogens (tertiary/aromatic N) is 4. The van der Waals surface area contributed by atoms with E-state index in [-0.39, 0.29) is 29.0 Å². The Kier molecular flexibility index (Phi) is 6.58. The highest BCUT2D eigenvalue weighted by molar-refractivity contribution is 7.91. The summed E-state index contributed by atoms with van der Waals surface area (Å²) >= 11 is 1.16. The van der Waals surface area contributed by atoms with E-state index >= 15 is 0 Å². The zero-order chi connectivity index (χ0) is 28.8. The number of carbonyl (C=O) groups excluding carboxylic acids is 2. The SMILES string of the molecule is CC1(Cc2nnc(C(c3nc4ccc(-c5ccc(F)nc5)cc4s3)S(=O)(=O)Cc3ccccc3)o2)NC(=O)NC1=O. The molecule has 2 atom stereocenters. The van der Waals surface area contributed by atoms with Crippen LogP contribution in [0.3, 0.4) is 0 Å². The number of pyridine rings is 1. The first-order valence-electron chi connectivity index (χ1n) is 12.3. The summed E-state index contributed by atoms with van der Waals surface area (Å²) < 4.78 is 47.6. The molecule has 5 aromatic rings. The van der Waals surface area contributed by atoms with Crippen LogP contribution in [0.2, 0.25) is 0 Å². The molecule has 14 heteroatoms. The molecule has 0 saturated carbocycles. The Morgan fingerprint density at radius 2 is 1.83 bits per heavy atom. The molecule has 4 heterocycles. The number of aromatic nitrogens is 4. The molecule has 1 saturated heterocycles. The number of carbonyl (C=O) groups is 2. The van der Waals surface area contributed by atoms with Gasteiger partial charge in [0.2, 0.25) is 17.7 Å². The Bertz CT molecular complexity index is 1890. The molecular formula is C27H21FN6O5S2. The number of hydrogen-bond acceptors (Lipinski definition) is 10. The van der Waals surface area contributed by atoms with Crippen molar-refractivity contribution in [1.82, 2.24) is 30.8 Å². The van der Waals surface area contributed by atoms with E-state index in [1.165, 1.54) is 19.2 Å². The number of benzene rings is 2. The van der Waals surface area contributed by atoms with Crippen molar-refractivity contribution in [1.29, 1.82) is 0 Å². The summed E-state index contributed by atoms with van der Waals surface area (Å²) in [6, 6.07) is 16.3. The van der Waals surface area contributed by atoms with Crippen molar-refractivity contribution in [3.05, 3.63) is 95.2 Å². The predicted molar refractivity (Wildman–Crippen MR) is 147 cm³/mol. The molecule has 41 heavy (non-hydrogen) atoms. The van der Waals surface area contributed by atoms with Gasteiger partial charge in [0.15, 0.2) is 15.1 Å². The zero-order valence-electron chi connectivity index (χ0n) is 21.4. The van der Waals surface area contributed by atoms with Gasteiger partial charge in [0.25, 0.3) is 5.91 Å². The van der Waals surface area contributed by atoms with Crippen LogP contribution in [-0.4, -0.2) is 46.1 Å². The van der Waals surface area contributed by atoms with Gasteiger partial charge < -0.3 is 9.73 Å². The van der Waals surface area contributed by atoms with E-state index in [1.807, 2.05) is 6.07 Å². The Labute approximate surface area is 236 Å². The summed E-state index contributed by atoms with van der Waals surface area (Å²) in [5.41, 5.74) is 1.24. The van der Waals surface area contributed by atoms with Gasteiger partial charge in [-0.25, -0.2) is 23.2 Å². The third kappa shape index (κ3) is 5.30. The molecule has 2 aromatic carbocycles. The Hall–Kier alpha value is -4.56. The fraction of sp³-hybridized carbons (Fsp3) is 0.185. The average Bonchev–Trinajstić information content (AvgIpc) is 3.61. The quantitative estimate of drug-likeness (QED) is 0.202. The monoisotopic (exact) mass is 592 g/mol. The molecule has 2 N–H and O–H groups in total. The summed E-state index contributed by atoms with van der Waals surface area (Å²) in [5.74, 6) is -1.69. The second kappa shape index (κ2) is 10.1. The number of fused-ring (bicyclic) bond motifs is 1. The van der Waals surface area contributed by atoms with Crippen LogP contribution in [0.15, 0.2) is 71.3 Å². The maximum Gasteiger partial charge on any atom is 0.322 e. The van der Waals surface area contributed by atoms with E-state index in [0.29, 0.717) is 21.3 Å². The summed E-state index contributed by atoms with van der Waals surface area (Å²) in [7, 11) is -3.99. The van der Waals surface area contributed by atoms with Crippen LogP contribution in [0.5, 0.6) is 0 Å². The number of imide groups is 1. The lowest BCUT2D eigenvalue weighted by atomic mass is 9.98. The van der Waals surface area contributed by atoms with Gasteiger partial charge in [0.1, 0.15) is 10.5 Å². The van der Waals surface area contributed by atoms with Crippen molar-refractivity contribution < 1.29 is 26.8 Å². The molecule has 1 aliphatic heterocycles. The fourth-order valence-corrected chi connectivity index (χ4v) is 7.69. The molecule has 1 aliphatic rings. The van der Waals surface area contributed by atoms with Gasteiger partial charge in [-0.15, -0.1) is 21.5 Å². The number of hydrogen-bond donors (Lipinski definition) is 2. The summed E-state index contributed by atoms with van der Waals surface area (Å²) in [6.45, 7) is 1.50. The molecule has 2 unspecified atom stereocenters. The van der Waals surface area contributed by atoms with Gasteiger partial charge in [-0.3, -0.25) is 10.1 Å². The van der Waals surface area contributed by atoms with E-state index in [4.69, 9.17) is 4.42 Å². The molecular weight excluding hydrogens is 571 g/mol. The number of halogens is 1. The minimum atomic E-state index is -3.99. The second-order valence-corrected chi connectivity index (χ2v) is 12.9. The minimum absolute atomic E-state index is 0.0213. The molecule has 3 amide bonds. The van der Waals surface area contributed by atoms with Crippen LogP contribution in [0, 0.1) is 5.95 Å². The van der Waals surface area contributed by atoms with Gasteiger partial charge in [-0.05, 0) is 42.3 Å². The highest BCUT2D eigenvalue weighted by Crippen LogP contribution is 2.38. The van der Waals surface area contributed by atoms with E-state index < -0.39 is 38.5 Å². The van der Waals surface area contributed by atoms with E-state index in [1.54, 1.807) is 48.5 Å². The molecule has 11 nitrogen and oxygen atoms in total. The number of amides is 3. The average molecular weight is 593 g/mol. The number of nitrogens with one attached hydrogen (secondary N) is 2. The van der Waals surface area contributed by atoms with Crippen LogP contribution >= 0.6 is 11.3 Å². The van der Waals surface area contributed by atoms with E-state index in [9.17, 15) is 22.4 Å². The summed E-state index contributed by atoms with van der Waals surface area (Å²) in [4.78, 5) is 32.2. The number of rotatable bonds is 8. The van der Waals surface area contributed by atoms with Crippen LogP contribution in [0.4, 0.5) is 9.18 Å². The standard InChI is InChI=1S/C27H21FN6O5S2/c1-27(25(35)31-26(36)32-27)12-21-33-34-23(39-21)22(41(37,38)14-15-5-3-2-4-6-15)24-30-18-9-7-16(11-19(18)40-24)17-8-10-20(28)29-13-17/h2-11,13,22H,12,14H2,1H3,(H2,31,32,35,36). The molecule has 6 rings (SSSR count). The maximum atomic E-state index is 13.9. The first-order valence-corrected chi connectivity index (χ1v) is 14.9. The largest absolute Gasteiger partial charge is 0.423 e. The minimum Gasteiger partial charge on any atom is -0.423 e. The van der Waals surface area contributed by atoms with E-state index in [0.717, 1.165) is 16.9 Å². The van der Waals surface area contributed by atoms with Crippen molar-refractivity contribution in [2.24, 2.45) is 0 Å². The van der Waals surface area contributed by atoms with Gasteiger partial charge in [-0.1, -0.05) is 36.4 Å². The molecule has 3 aromatic heterocycles. The molecule has 0 spiro atoms. The van der Waals surface area contributed by atoms with Gasteiger partial charge in [0.05, 0.1) is 22.4 Å². The van der Waals surface area contributed by atoms with Crippen LogP contribution in [0.1, 0.15) is 34.5 Å². The third-order valence-corrected chi connectivity index (χ3v) is 9.70. The van der Waals surface area contributed by atoms with Crippen molar-refractivity contribution in [2.75, 3.05) is 0 Å². The zero-order valence-corrected chi connectivity index (χ0v) is 23.0. The smallest absolute Gasteiger partial charge is 0.322 e. The molecule has 0 radical (unpaired) electrons. The predicted octanol–water partition coefficient (Wildman–Crippen LogP) is 3.73. The number of sulfone groups is 1. The summed E-state index contributed by atoms with van der Waals surface area (Å²) in [5, 5.41) is 11.5. The normalized spacial score (nSPS) is 17.9. The Morgan fingerprint density at radius 1 is 1.05 bits per heavy atom. The maximum absolute atomic E-state index is 13.9. The van der Waals surface area contributed by atoms with E-state index in [2.05, 4.69) is 30.8 Å². The molecule has 0 aliphatic carbocycles. The second-order valence-electron chi connectivity index (χ2n) is 9.73. The molecule has 0 bridgehead atoms. The lowest BCUT2D eigenvalue weighted by molar-refractivity contribution is -0.123. The third-order valence-electron chi connectivity index (χ3n) is 6.59. The number of urea groups is 1. The summed E-state index contributed by atoms with van der Waals surface area (Å²) in [6.07, 6.45) is 1.27. The molecule has 208 valence electrons. The highest BCUT2D eigenvalue weighted by Gasteiger charge is 2.44. The topological polar surface area (TPSA) is 157 Å². The van der Waals surface area contributed by atoms with Crippen LogP contribution in [-0.2, 0) is 26.8 Å². The van der Waals surface area contributed by atoms with Crippen molar-refractivity contribution in [3.8, 4) is 11.1 Å². The lowest BCUT2D eigenvalue weighted by Gasteiger charge is -2.17. The van der Waals surface area contributed by atoms with Crippen LogP contribution in [0.25, 0.3) is 21.3 Å². The Balaban J connectivity index is 1.40.